The van der Waals surface area contributed by atoms with E-state index >= 15 is 0 Å². The lowest BCUT2D eigenvalue weighted by Crippen LogP contribution is -2.25. The van der Waals surface area contributed by atoms with Crippen molar-refractivity contribution in [1.82, 2.24) is 9.88 Å². The minimum absolute atomic E-state index is 0.0851. The molecule has 1 N–H and O–H groups in total. The number of thioether (sulfide) groups is 1. The van der Waals surface area contributed by atoms with Crippen LogP contribution in [0.5, 0.6) is 0 Å². The highest BCUT2D eigenvalue weighted by Crippen LogP contribution is 2.21. The number of hydrogen-bond donors (Lipinski definition) is 1. The summed E-state index contributed by atoms with van der Waals surface area (Å²) in [5, 5.41) is 4.95. The molecule has 0 unspecified atom stereocenters. The van der Waals surface area contributed by atoms with Crippen LogP contribution in [0.1, 0.15) is 0 Å². The Morgan fingerprint density at radius 1 is 1.64 bits per heavy atom. The second-order valence-corrected chi connectivity index (χ2v) is 4.06. The van der Waals surface area contributed by atoms with E-state index in [4.69, 9.17) is 0 Å². The molecule has 0 aliphatic carbocycles. The van der Waals surface area contributed by atoms with E-state index in [1.807, 2.05) is 0 Å². The molecule has 0 bridgehead atoms. The average Bonchev–Trinajstić information content (AvgIpc) is 2.55. The van der Waals surface area contributed by atoms with Crippen LogP contribution in [0.15, 0.2) is 16.4 Å². The van der Waals surface area contributed by atoms with Crippen molar-refractivity contribution in [3.63, 3.8) is 0 Å². The van der Waals surface area contributed by atoms with E-state index in [0.29, 0.717) is 0 Å². The number of hydrogen-bond acceptors (Lipinski definition) is 4. The summed E-state index contributed by atoms with van der Waals surface area (Å²) in [6.45, 7) is 0.961. The Balaban J connectivity index is 2.28. The van der Waals surface area contributed by atoms with Gasteiger partial charge in [-0.05, 0) is 0 Å². The molecule has 0 saturated carbocycles. The van der Waals surface area contributed by atoms with E-state index in [0.717, 1.165) is 17.8 Å². The van der Waals surface area contributed by atoms with Gasteiger partial charge in [0.25, 0.3) is 0 Å². The Labute approximate surface area is 72.4 Å². The second-order valence-electron chi connectivity index (χ2n) is 2.12. The van der Waals surface area contributed by atoms with Gasteiger partial charge in [-0.15, -0.1) is 11.8 Å². The third-order valence-corrected chi connectivity index (χ3v) is 3.09. The number of thiazole rings is 1. The molecule has 1 aromatic heterocycles. The molecule has 1 aromatic rings. The van der Waals surface area contributed by atoms with Crippen molar-refractivity contribution in [3.8, 4) is 0 Å². The van der Waals surface area contributed by atoms with Crippen LogP contribution in [0.2, 0.25) is 0 Å². The molecule has 2 heterocycles. The van der Waals surface area contributed by atoms with Gasteiger partial charge in [-0.3, -0.25) is 14.7 Å². The maximum absolute atomic E-state index is 11.1. The molecular weight excluding hydrogens is 180 g/mol. The lowest BCUT2D eigenvalue weighted by atomic mass is 10.7. The summed E-state index contributed by atoms with van der Waals surface area (Å²) in [7, 11) is 0. The number of nitrogens with one attached hydrogen (secondary N) is 1. The Hall–Kier alpha value is -0.260. The molecule has 5 heteroatoms. The molecule has 11 heavy (non-hydrogen) atoms. The third kappa shape index (κ3) is 1.36. The summed E-state index contributed by atoms with van der Waals surface area (Å²) < 4.78 is 1.66. The van der Waals surface area contributed by atoms with Crippen molar-refractivity contribution in [1.29, 1.82) is 0 Å². The molecule has 0 amide bonds. The van der Waals surface area contributed by atoms with Gasteiger partial charge in [0, 0.05) is 23.9 Å². The van der Waals surface area contributed by atoms with Crippen LogP contribution in [0.4, 0.5) is 0 Å². The first-order valence-electron chi connectivity index (χ1n) is 3.28. The maximum atomic E-state index is 11.1. The number of aromatic nitrogens is 1. The van der Waals surface area contributed by atoms with Gasteiger partial charge in [0.15, 0.2) is 5.50 Å². The minimum Gasteiger partial charge on any atom is -0.281 e. The molecule has 1 saturated heterocycles. The molecule has 1 aliphatic heterocycles. The van der Waals surface area contributed by atoms with Crippen LogP contribution in [0.3, 0.4) is 0 Å². The van der Waals surface area contributed by atoms with Crippen LogP contribution < -0.4 is 10.2 Å². The highest BCUT2D eigenvalue weighted by molar-refractivity contribution is 8.02. The lowest BCUT2D eigenvalue weighted by molar-refractivity contribution is 0.741. The van der Waals surface area contributed by atoms with Crippen LogP contribution in [-0.2, 0) is 0 Å². The summed E-state index contributed by atoms with van der Waals surface area (Å²) in [6.07, 6.45) is 1.80. The highest BCUT2D eigenvalue weighted by Gasteiger charge is 2.18. The summed E-state index contributed by atoms with van der Waals surface area (Å²) >= 11 is 2.91. The largest absolute Gasteiger partial charge is 0.309 e. The van der Waals surface area contributed by atoms with E-state index < -0.39 is 0 Å². The Kier molecular flexibility index (Phi) is 2.02. The quantitative estimate of drug-likeness (QED) is 0.697. The zero-order valence-corrected chi connectivity index (χ0v) is 7.37. The predicted molar refractivity (Wildman–Crippen MR) is 47.7 cm³/mol. The molecule has 0 spiro atoms. The minimum atomic E-state index is 0.0851. The van der Waals surface area contributed by atoms with Crippen molar-refractivity contribution in [2.24, 2.45) is 0 Å². The molecule has 59 valence electrons. The maximum Gasteiger partial charge on any atom is 0.309 e. The van der Waals surface area contributed by atoms with Gasteiger partial charge in [-0.25, -0.2) is 0 Å². The van der Waals surface area contributed by atoms with E-state index in [-0.39, 0.29) is 4.87 Å². The molecule has 3 nitrogen and oxygen atoms in total. The number of rotatable bonds is 1. The second kappa shape index (κ2) is 3.00. The summed E-state index contributed by atoms with van der Waals surface area (Å²) in [5.41, 5.74) is 0.969. The van der Waals surface area contributed by atoms with Crippen LogP contribution in [-0.4, -0.2) is 16.9 Å². The summed E-state index contributed by atoms with van der Waals surface area (Å²) in [4.78, 5) is 11.2. The van der Waals surface area contributed by atoms with Crippen molar-refractivity contribution in [2.45, 2.75) is 0 Å². The van der Waals surface area contributed by atoms with Crippen LogP contribution in [0.25, 0.3) is 0 Å². The third-order valence-electron chi connectivity index (χ3n) is 1.41. The first kappa shape index (κ1) is 7.39. The zero-order chi connectivity index (χ0) is 7.68. The van der Waals surface area contributed by atoms with E-state index in [1.165, 1.54) is 11.3 Å². The monoisotopic (exact) mass is 187 g/mol. The fraction of sp³-hybridized carbons (Fsp3) is 0.333. The first-order chi connectivity index (χ1) is 5.38. The Morgan fingerprint density at radius 2 is 2.55 bits per heavy atom. The van der Waals surface area contributed by atoms with Gasteiger partial charge < -0.3 is 0 Å². The van der Waals surface area contributed by atoms with E-state index in [9.17, 15) is 4.79 Å². The van der Waals surface area contributed by atoms with Gasteiger partial charge in [-0.1, -0.05) is 11.3 Å². The molecular formula is C6H7N2OS2. The molecule has 1 radical (unpaired) electrons. The SMILES string of the molecule is O=c1sccn1[C]1NCCS1. The van der Waals surface area contributed by atoms with E-state index in [2.05, 4.69) is 5.32 Å². The van der Waals surface area contributed by atoms with Gasteiger partial charge in [0.05, 0.1) is 0 Å². The van der Waals surface area contributed by atoms with Gasteiger partial charge in [0.2, 0.25) is 0 Å². The van der Waals surface area contributed by atoms with Crippen LogP contribution >= 0.6 is 23.1 Å². The lowest BCUT2D eigenvalue weighted by Gasteiger charge is -2.06. The van der Waals surface area contributed by atoms with Crippen molar-refractivity contribution >= 4 is 23.1 Å². The molecule has 1 fully saturated rings. The van der Waals surface area contributed by atoms with Crippen molar-refractivity contribution in [3.05, 3.63) is 26.7 Å². The molecule has 1 aliphatic rings. The summed E-state index contributed by atoms with van der Waals surface area (Å²) in [5.74, 6) is 1.05. The van der Waals surface area contributed by atoms with Gasteiger partial charge in [0.1, 0.15) is 0 Å². The molecule has 2 rings (SSSR count). The fourth-order valence-corrected chi connectivity index (χ4v) is 2.44. The zero-order valence-electron chi connectivity index (χ0n) is 5.74. The summed E-state index contributed by atoms with van der Waals surface area (Å²) in [6, 6.07) is 0. The predicted octanol–water partition coefficient (Wildman–Crippen LogP) is 0.541. The molecule has 0 aromatic carbocycles. The topological polar surface area (TPSA) is 34.0 Å². The van der Waals surface area contributed by atoms with E-state index in [1.54, 1.807) is 27.9 Å². The Bertz CT molecular complexity index is 287. The van der Waals surface area contributed by atoms with Crippen molar-refractivity contribution in [2.75, 3.05) is 12.3 Å². The smallest absolute Gasteiger partial charge is 0.281 e. The number of nitrogens with zero attached hydrogens (tertiary/aromatic N) is 1. The van der Waals surface area contributed by atoms with Gasteiger partial charge in [-0.2, -0.15) is 0 Å². The van der Waals surface area contributed by atoms with Crippen molar-refractivity contribution < 1.29 is 0 Å². The molecule has 0 atom stereocenters. The van der Waals surface area contributed by atoms with Gasteiger partial charge >= 0.3 is 4.87 Å². The normalized spacial score (nSPS) is 19.3. The first-order valence-corrected chi connectivity index (χ1v) is 5.14. The standard InChI is InChI=1S/C6H7N2OS2/c9-6-8(2-4-11-6)5-7-1-3-10-5/h2,4,7H,1,3H2. The average molecular weight is 187 g/mol. The highest BCUT2D eigenvalue weighted by atomic mass is 32.2. The fourth-order valence-electron chi connectivity index (χ4n) is 0.929. The Morgan fingerprint density at radius 3 is 3.09 bits per heavy atom. The van der Waals surface area contributed by atoms with Crippen LogP contribution in [0, 0.1) is 5.50 Å².